The number of benzene rings is 2. The first-order valence-electron chi connectivity index (χ1n) is 10.3. The minimum absolute atomic E-state index is 0.0944. The average molecular weight is 445 g/mol. The molecule has 0 saturated heterocycles. The van der Waals surface area contributed by atoms with E-state index in [-0.39, 0.29) is 11.8 Å². The van der Waals surface area contributed by atoms with Gasteiger partial charge < -0.3 is 10.2 Å². The minimum atomic E-state index is -0.132. The molecular formula is C25H24N4O2S. The summed E-state index contributed by atoms with van der Waals surface area (Å²) in [7, 11) is 3.38. The molecule has 0 spiro atoms. The Labute approximate surface area is 191 Å². The zero-order valence-electron chi connectivity index (χ0n) is 18.0. The predicted octanol–water partition coefficient (Wildman–Crippen LogP) is 4.29. The fourth-order valence-electron chi connectivity index (χ4n) is 3.48. The van der Waals surface area contributed by atoms with Crippen molar-refractivity contribution in [3.05, 3.63) is 101 Å². The van der Waals surface area contributed by atoms with Gasteiger partial charge in [0.25, 0.3) is 11.8 Å². The first-order chi connectivity index (χ1) is 15.5. The average Bonchev–Trinajstić information content (AvgIpc) is 3.49. The predicted molar refractivity (Wildman–Crippen MR) is 127 cm³/mol. The zero-order valence-corrected chi connectivity index (χ0v) is 18.8. The van der Waals surface area contributed by atoms with E-state index in [1.807, 2.05) is 70.9 Å². The van der Waals surface area contributed by atoms with Crippen molar-refractivity contribution in [3.63, 3.8) is 0 Å². The molecule has 6 nitrogen and oxygen atoms in total. The van der Waals surface area contributed by atoms with Crippen molar-refractivity contribution >= 4 is 23.2 Å². The summed E-state index contributed by atoms with van der Waals surface area (Å²) in [6.45, 7) is 1.03. The Hall–Kier alpha value is -3.71. The molecule has 162 valence electrons. The standard InChI is InChI=1S/C25H24N4O2S/c1-26-24(30)20-12-10-19(11-13-20)15-28(2)25(31)21-17-29(16-18-7-4-3-5-8-18)27-23(21)22-9-6-14-32-22/h3-14,17H,15-16H2,1-2H3,(H,26,30). The lowest BCUT2D eigenvalue weighted by Gasteiger charge is -2.17. The number of thiophene rings is 1. The minimum Gasteiger partial charge on any atom is -0.355 e. The Morgan fingerprint density at radius 1 is 1.00 bits per heavy atom. The summed E-state index contributed by atoms with van der Waals surface area (Å²) in [6.07, 6.45) is 1.83. The molecule has 7 heteroatoms. The molecule has 0 saturated carbocycles. The van der Waals surface area contributed by atoms with Crippen molar-refractivity contribution in [3.8, 4) is 10.6 Å². The molecule has 0 bridgehead atoms. The lowest BCUT2D eigenvalue weighted by molar-refractivity contribution is 0.0785. The van der Waals surface area contributed by atoms with Crippen molar-refractivity contribution in [2.24, 2.45) is 0 Å². The highest BCUT2D eigenvalue weighted by Gasteiger charge is 2.22. The SMILES string of the molecule is CNC(=O)c1ccc(CN(C)C(=O)c2cn(Cc3ccccc3)nc2-c2cccs2)cc1. The highest BCUT2D eigenvalue weighted by atomic mass is 32.1. The van der Waals surface area contributed by atoms with E-state index in [1.165, 1.54) is 0 Å². The number of carbonyl (C=O) groups excluding carboxylic acids is 2. The molecule has 1 N–H and O–H groups in total. The van der Waals surface area contributed by atoms with Gasteiger partial charge in [-0.25, -0.2) is 0 Å². The van der Waals surface area contributed by atoms with Crippen LogP contribution in [-0.4, -0.2) is 40.6 Å². The molecule has 4 rings (SSSR count). The normalized spacial score (nSPS) is 10.7. The maximum absolute atomic E-state index is 13.4. The fraction of sp³-hybridized carbons (Fsp3) is 0.160. The Morgan fingerprint density at radius 3 is 2.41 bits per heavy atom. The van der Waals surface area contributed by atoms with Gasteiger partial charge in [0, 0.05) is 32.4 Å². The molecule has 2 heterocycles. The lowest BCUT2D eigenvalue weighted by atomic mass is 10.1. The quantitative estimate of drug-likeness (QED) is 0.462. The van der Waals surface area contributed by atoms with Gasteiger partial charge in [-0.1, -0.05) is 48.5 Å². The summed E-state index contributed by atoms with van der Waals surface area (Å²) in [5, 5.41) is 9.33. The zero-order chi connectivity index (χ0) is 22.5. The molecule has 32 heavy (non-hydrogen) atoms. The maximum atomic E-state index is 13.4. The Bertz CT molecular complexity index is 1200. The summed E-state index contributed by atoms with van der Waals surface area (Å²) in [5.41, 5.74) is 3.93. The summed E-state index contributed by atoms with van der Waals surface area (Å²) >= 11 is 1.56. The first kappa shape index (κ1) is 21.5. The second kappa shape index (κ2) is 9.62. The lowest BCUT2D eigenvalue weighted by Crippen LogP contribution is -2.26. The summed E-state index contributed by atoms with van der Waals surface area (Å²) in [5.74, 6) is -0.226. The van der Waals surface area contributed by atoms with Crippen LogP contribution in [0.1, 0.15) is 31.8 Å². The Kier molecular flexibility index (Phi) is 6.47. The van der Waals surface area contributed by atoms with Gasteiger partial charge in [0.2, 0.25) is 0 Å². The molecule has 2 aromatic carbocycles. The fourth-order valence-corrected chi connectivity index (χ4v) is 4.21. The van der Waals surface area contributed by atoms with Gasteiger partial charge >= 0.3 is 0 Å². The highest BCUT2D eigenvalue weighted by Crippen LogP contribution is 2.28. The molecule has 0 aliphatic carbocycles. The van der Waals surface area contributed by atoms with Crippen LogP contribution in [0.2, 0.25) is 0 Å². The number of aromatic nitrogens is 2. The third kappa shape index (κ3) is 4.78. The van der Waals surface area contributed by atoms with Crippen LogP contribution in [0, 0.1) is 0 Å². The van der Waals surface area contributed by atoms with Crippen LogP contribution in [0.25, 0.3) is 10.6 Å². The van der Waals surface area contributed by atoms with Crippen LogP contribution >= 0.6 is 11.3 Å². The van der Waals surface area contributed by atoms with Crippen LogP contribution in [0.15, 0.2) is 78.3 Å². The van der Waals surface area contributed by atoms with Gasteiger partial charge in [-0.05, 0) is 34.7 Å². The first-order valence-corrected chi connectivity index (χ1v) is 11.1. The van der Waals surface area contributed by atoms with E-state index in [0.717, 1.165) is 16.0 Å². The van der Waals surface area contributed by atoms with Crippen LogP contribution < -0.4 is 5.32 Å². The summed E-state index contributed by atoms with van der Waals surface area (Å²) in [6, 6.07) is 21.3. The second-order valence-electron chi connectivity index (χ2n) is 7.49. The topological polar surface area (TPSA) is 67.2 Å². The van der Waals surface area contributed by atoms with E-state index in [0.29, 0.717) is 29.9 Å². The molecule has 2 amide bonds. The smallest absolute Gasteiger partial charge is 0.257 e. The number of rotatable bonds is 7. The third-order valence-corrected chi connectivity index (χ3v) is 6.02. The molecule has 0 radical (unpaired) electrons. The number of hydrogen-bond acceptors (Lipinski definition) is 4. The van der Waals surface area contributed by atoms with Crippen LogP contribution in [0.5, 0.6) is 0 Å². The Balaban J connectivity index is 1.57. The van der Waals surface area contributed by atoms with Gasteiger partial charge in [0.1, 0.15) is 5.69 Å². The Morgan fingerprint density at radius 2 is 1.75 bits per heavy atom. The van der Waals surface area contributed by atoms with E-state index < -0.39 is 0 Å². The van der Waals surface area contributed by atoms with Gasteiger partial charge in [-0.3, -0.25) is 14.3 Å². The number of carbonyl (C=O) groups is 2. The molecule has 4 aromatic rings. The second-order valence-corrected chi connectivity index (χ2v) is 8.44. The molecule has 0 aliphatic rings. The molecule has 0 aliphatic heterocycles. The number of hydrogen-bond donors (Lipinski definition) is 1. The largest absolute Gasteiger partial charge is 0.355 e. The van der Waals surface area contributed by atoms with Gasteiger partial charge in [0.15, 0.2) is 0 Å². The maximum Gasteiger partial charge on any atom is 0.257 e. The van der Waals surface area contributed by atoms with Crippen molar-refractivity contribution in [2.75, 3.05) is 14.1 Å². The van der Waals surface area contributed by atoms with Crippen molar-refractivity contribution in [1.82, 2.24) is 20.0 Å². The molecule has 0 fully saturated rings. The number of nitrogens with one attached hydrogen (secondary N) is 1. The third-order valence-electron chi connectivity index (χ3n) is 5.14. The molecule has 2 aromatic heterocycles. The van der Waals surface area contributed by atoms with E-state index >= 15 is 0 Å². The van der Waals surface area contributed by atoms with Crippen molar-refractivity contribution in [1.29, 1.82) is 0 Å². The van der Waals surface area contributed by atoms with Gasteiger partial charge in [0.05, 0.1) is 17.0 Å². The molecular weight excluding hydrogens is 420 g/mol. The molecule has 0 atom stereocenters. The van der Waals surface area contributed by atoms with Crippen LogP contribution in [-0.2, 0) is 13.1 Å². The monoisotopic (exact) mass is 444 g/mol. The van der Waals surface area contributed by atoms with E-state index in [1.54, 1.807) is 42.5 Å². The van der Waals surface area contributed by atoms with Gasteiger partial charge in [-0.15, -0.1) is 11.3 Å². The van der Waals surface area contributed by atoms with Gasteiger partial charge in [-0.2, -0.15) is 5.10 Å². The molecule has 0 unspecified atom stereocenters. The van der Waals surface area contributed by atoms with Crippen molar-refractivity contribution < 1.29 is 9.59 Å². The summed E-state index contributed by atoms with van der Waals surface area (Å²) < 4.78 is 1.82. The van der Waals surface area contributed by atoms with E-state index in [9.17, 15) is 9.59 Å². The number of nitrogens with zero attached hydrogens (tertiary/aromatic N) is 3. The van der Waals surface area contributed by atoms with Crippen LogP contribution in [0.4, 0.5) is 0 Å². The van der Waals surface area contributed by atoms with E-state index in [4.69, 9.17) is 5.10 Å². The highest BCUT2D eigenvalue weighted by molar-refractivity contribution is 7.13. The van der Waals surface area contributed by atoms with Crippen LogP contribution in [0.3, 0.4) is 0 Å². The summed E-state index contributed by atoms with van der Waals surface area (Å²) in [4.78, 5) is 27.7. The van der Waals surface area contributed by atoms with Crippen molar-refractivity contribution in [2.45, 2.75) is 13.1 Å². The van der Waals surface area contributed by atoms with E-state index in [2.05, 4.69) is 5.32 Å². The number of amides is 2.